The van der Waals surface area contributed by atoms with Gasteiger partial charge >= 0.3 is 35.8 Å². The first-order chi connectivity index (χ1) is 9.27. The normalized spacial score (nSPS) is 16.1. The predicted molar refractivity (Wildman–Crippen MR) is 54.3 cm³/mol. The van der Waals surface area contributed by atoms with Gasteiger partial charge in [-0.1, -0.05) is 22.6 Å². The number of hydrogen-bond donors (Lipinski definition) is 0. The molecule has 14 heteroatoms. The lowest BCUT2D eigenvalue weighted by atomic mass is 9.96. The van der Waals surface area contributed by atoms with Crippen molar-refractivity contribution in [1.82, 2.24) is 0 Å². The number of hydrogen-bond acceptors (Lipinski definition) is 0. The summed E-state index contributed by atoms with van der Waals surface area (Å²) in [6.45, 7) is 0. The lowest BCUT2D eigenvalue weighted by Crippen LogP contribution is -2.63. The summed E-state index contributed by atoms with van der Waals surface area (Å²) in [4.78, 5) is 0. The lowest BCUT2D eigenvalue weighted by Gasteiger charge is -2.36. The molecule has 0 spiro atoms. The molecule has 0 unspecified atom stereocenters. The zero-order valence-corrected chi connectivity index (χ0v) is 11.9. The Morgan fingerprint density at radius 2 is 0.864 bits per heavy atom. The SMILES string of the molecule is FC(F)(F)C(F)(F)C(F)(F)C(F)(F)CC(F)(F)C(F)(F)CI. The Labute approximate surface area is 127 Å². The summed E-state index contributed by atoms with van der Waals surface area (Å²) in [6.07, 6.45) is -11.1. The van der Waals surface area contributed by atoms with E-state index in [9.17, 15) is 57.1 Å². The predicted octanol–water partition coefficient (Wildman–Crippen LogP) is 5.55. The molecule has 0 nitrogen and oxygen atoms in total. The Kier molecular flexibility index (Phi) is 5.67. The Balaban J connectivity index is 5.75. The second-order valence-corrected chi connectivity index (χ2v) is 4.83. The highest BCUT2D eigenvalue weighted by Crippen LogP contribution is 2.56. The maximum Gasteiger partial charge on any atom is 0.460 e. The van der Waals surface area contributed by atoms with E-state index in [1.807, 2.05) is 0 Å². The van der Waals surface area contributed by atoms with Crippen LogP contribution in [0.25, 0.3) is 0 Å². The third-order valence-electron chi connectivity index (χ3n) is 2.36. The van der Waals surface area contributed by atoms with E-state index in [0.717, 1.165) is 0 Å². The van der Waals surface area contributed by atoms with Crippen LogP contribution in [0, 0.1) is 0 Å². The Hall–Kier alpha value is -0.180. The quantitative estimate of drug-likeness (QED) is 0.269. The van der Waals surface area contributed by atoms with Gasteiger partial charge in [-0.25, -0.2) is 0 Å². The molecular formula is C8H4F13I. The first-order valence-electron chi connectivity index (χ1n) is 4.78. The van der Waals surface area contributed by atoms with E-state index in [0.29, 0.717) is 22.6 Å². The fourth-order valence-corrected chi connectivity index (χ4v) is 1.58. The molecule has 0 heterocycles. The molecule has 22 heavy (non-hydrogen) atoms. The van der Waals surface area contributed by atoms with Gasteiger partial charge in [-0.2, -0.15) is 57.1 Å². The highest BCUT2D eigenvalue weighted by Gasteiger charge is 2.83. The second kappa shape index (κ2) is 5.72. The average molecular weight is 474 g/mol. The van der Waals surface area contributed by atoms with Crippen LogP contribution in [0.15, 0.2) is 0 Å². The molecule has 0 radical (unpaired) electrons. The maximum absolute atomic E-state index is 12.8. The van der Waals surface area contributed by atoms with Gasteiger partial charge < -0.3 is 0 Å². The van der Waals surface area contributed by atoms with Crippen LogP contribution in [0.4, 0.5) is 57.1 Å². The molecule has 0 saturated carbocycles. The molecule has 0 atom stereocenters. The van der Waals surface area contributed by atoms with E-state index in [2.05, 4.69) is 0 Å². The first-order valence-corrected chi connectivity index (χ1v) is 6.31. The summed E-state index contributed by atoms with van der Waals surface area (Å²) in [6, 6.07) is 0. The van der Waals surface area contributed by atoms with Crippen molar-refractivity contribution in [2.45, 2.75) is 42.2 Å². The summed E-state index contributed by atoms with van der Waals surface area (Å²) < 4.78 is 160. The van der Waals surface area contributed by atoms with E-state index in [4.69, 9.17) is 0 Å². The fraction of sp³-hybridized carbons (Fsp3) is 1.00. The monoisotopic (exact) mass is 474 g/mol. The van der Waals surface area contributed by atoms with E-state index in [1.54, 1.807) is 0 Å². The molecule has 0 amide bonds. The van der Waals surface area contributed by atoms with Gasteiger partial charge in [-0.05, 0) is 0 Å². The van der Waals surface area contributed by atoms with Crippen molar-refractivity contribution >= 4 is 22.6 Å². The number of alkyl halides is 14. The number of halogens is 14. The van der Waals surface area contributed by atoms with Crippen molar-refractivity contribution in [3.63, 3.8) is 0 Å². The van der Waals surface area contributed by atoms with Crippen molar-refractivity contribution in [2.75, 3.05) is 4.43 Å². The van der Waals surface area contributed by atoms with Gasteiger partial charge in [-0.15, -0.1) is 0 Å². The molecule has 0 N–H and O–H groups in total. The third-order valence-corrected chi connectivity index (χ3v) is 3.31. The Morgan fingerprint density at radius 1 is 0.500 bits per heavy atom. The summed E-state index contributed by atoms with van der Waals surface area (Å²) in [5, 5.41) is 0. The second-order valence-electron chi connectivity index (χ2n) is 4.07. The molecule has 0 saturated heterocycles. The third kappa shape index (κ3) is 3.49. The van der Waals surface area contributed by atoms with E-state index in [-0.39, 0.29) is 0 Å². The van der Waals surface area contributed by atoms with Gasteiger partial charge in [0.15, 0.2) is 0 Å². The molecule has 134 valence electrons. The Bertz CT molecular complexity index is 395. The molecule has 0 aliphatic rings. The minimum Gasteiger partial charge on any atom is -0.200 e. The fourth-order valence-electron chi connectivity index (χ4n) is 1.02. The van der Waals surface area contributed by atoms with Crippen LogP contribution in [-0.4, -0.2) is 40.2 Å². The van der Waals surface area contributed by atoms with Gasteiger partial charge in [0, 0.05) is 0 Å². The van der Waals surface area contributed by atoms with Crippen LogP contribution in [-0.2, 0) is 0 Å². The van der Waals surface area contributed by atoms with E-state index < -0.39 is 46.6 Å². The van der Waals surface area contributed by atoms with Gasteiger partial charge in [0.25, 0.3) is 0 Å². The van der Waals surface area contributed by atoms with Crippen LogP contribution in [0.5, 0.6) is 0 Å². The molecule has 0 aliphatic heterocycles. The zero-order valence-electron chi connectivity index (χ0n) is 9.71. The van der Waals surface area contributed by atoms with Crippen molar-refractivity contribution in [1.29, 1.82) is 0 Å². The summed E-state index contributed by atoms with van der Waals surface area (Å²) in [5.74, 6) is -32.8. The van der Waals surface area contributed by atoms with Crippen LogP contribution >= 0.6 is 22.6 Å². The van der Waals surface area contributed by atoms with Gasteiger partial charge in [0.2, 0.25) is 0 Å². The largest absolute Gasteiger partial charge is 0.460 e. The summed E-state index contributed by atoms with van der Waals surface area (Å²) in [5.41, 5.74) is 0. The highest BCUT2D eigenvalue weighted by atomic mass is 127. The summed E-state index contributed by atoms with van der Waals surface area (Å²) >= 11 is 0.566. The van der Waals surface area contributed by atoms with Gasteiger partial charge in [0.05, 0.1) is 10.8 Å². The van der Waals surface area contributed by atoms with Crippen LogP contribution < -0.4 is 0 Å². The molecule has 0 aromatic carbocycles. The topological polar surface area (TPSA) is 0 Å². The molecular weight excluding hydrogens is 470 g/mol. The number of rotatable bonds is 6. The molecule has 0 bridgehead atoms. The maximum atomic E-state index is 12.8. The highest BCUT2D eigenvalue weighted by molar-refractivity contribution is 14.1. The first kappa shape index (κ1) is 21.8. The molecule has 0 aromatic rings. The lowest BCUT2D eigenvalue weighted by molar-refractivity contribution is -0.403. The van der Waals surface area contributed by atoms with Crippen LogP contribution in [0.3, 0.4) is 0 Å². The van der Waals surface area contributed by atoms with Crippen molar-refractivity contribution in [3.05, 3.63) is 0 Å². The minimum absolute atomic E-state index is 0.566. The minimum atomic E-state index is -7.40. The molecule has 0 fully saturated rings. The van der Waals surface area contributed by atoms with Gasteiger partial charge in [-0.3, -0.25) is 0 Å². The van der Waals surface area contributed by atoms with E-state index >= 15 is 0 Å². The Morgan fingerprint density at radius 3 is 1.14 bits per heavy atom. The summed E-state index contributed by atoms with van der Waals surface area (Å²) in [7, 11) is 0. The molecule has 0 aliphatic carbocycles. The molecule has 0 aromatic heterocycles. The van der Waals surface area contributed by atoms with Crippen LogP contribution in [0.2, 0.25) is 0 Å². The van der Waals surface area contributed by atoms with Crippen molar-refractivity contribution in [3.8, 4) is 0 Å². The van der Waals surface area contributed by atoms with Gasteiger partial charge in [0.1, 0.15) is 0 Å². The standard InChI is InChI=1S/C8H4F13I/c9-3(10,5(13,14)2-22)1-4(11,12)6(15,16)7(17,18)8(19,20)21/h1-2H2. The average Bonchev–Trinajstić information content (AvgIpc) is 2.25. The van der Waals surface area contributed by atoms with E-state index in [1.165, 1.54) is 0 Å². The zero-order chi connectivity index (χ0) is 18.4. The molecule has 0 rings (SSSR count). The van der Waals surface area contributed by atoms with Crippen LogP contribution in [0.1, 0.15) is 6.42 Å². The smallest absolute Gasteiger partial charge is 0.200 e. The van der Waals surface area contributed by atoms with Crippen molar-refractivity contribution < 1.29 is 57.1 Å². The van der Waals surface area contributed by atoms with Crippen molar-refractivity contribution in [2.24, 2.45) is 0 Å².